The molecule has 0 bridgehead atoms. The Hall–Kier alpha value is -1.24. The van der Waals surface area contributed by atoms with Gasteiger partial charge in [-0.15, -0.1) is 0 Å². The Balaban J connectivity index is 1.98. The van der Waals surface area contributed by atoms with Crippen LogP contribution in [0.5, 0.6) is 5.75 Å². The van der Waals surface area contributed by atoms with Gasteiger partial charge in [0, 0.05) is 38.3 Å². The smallest absolute Gasteiger partial charge is 0.387 e. The fourth-order valence-electron chi connectivity index (χ4n) is 3.37. The number of piperazine rings is 1. The van der Waals surface area contributed by atoms with E-state index in [-0.39, 0.29) is 17.9 Å². The number of rotatable bonds is 7. The van der Waals surface area contributed by atoms with E-state index in [2.05, 4.69) is 28.4 Å². The fourth-order valence-corrected chi connectivity index (χ4v) is 3.37. The predicted octanol–water partition coefficient (Wildman–Crippen LogP) is 3.13. The molecule has 0 radical (unpaired) electrons. The number of ether oxygens (including phenoxy) is 1. The lowest BCUT2D eigenvalue weighted by atomic mass is 10.0. The SMILES string of the molecule is CCC1CN(C(C)c2ccc(OC(F)F)cc2)CCN1CC(C)O. The molecule has 1 aliphatic rings. The summed E-state index contributed by atoms with van der Waals surface area (Å²) in [6.07, 6.45) is 0.724. The maximum atomic E-state index is 12.2. The highest BCUT2D eigenvalue weighted by atomic mass is 19.3. The van der Waals surface area contributed by atoms with Gasteiger partial charge in [-0.25, -0.2) is 0 Å². The highest BCUT2D eigenvalue weighted by Crippen LogP contribution is 2.26. The average Bonchev–Trinajstić information content (AvgIpc) is 2.54. The van der Waals surface area contributed by atoms with E-state index < -0.39 is 6.61 Å². The molecule has 6 heteroatoms. The van der Waals surface area contributed by atoms with E-state index >= 15 is 0 Å². The molecule has 0 saturated carbocycles. The van der Waals surface area contributed by atoms with E-state index in [9.17, 15) is 13.9 Å². The number of hydrogen-bond donors (Lipinski definition) is 1. The van der Waals surface area contributed by atoms with Crippen LogP contribution >= 0.6 is 0 Å². The second-order valence-corrected chi connectivity index (χ2v) is 6.52. The lowest BCUT2D eigenvalue weighted by Gasteiger charge is -2.44. The van der Waals surface area contributed by atoms with Gasteiger partial charge in [-0.1, -0.05) is 19.1 Å². The Morgan fingerprint density at radius 1 is 1.21 bits per heavy atom. The van der Waals surface area contributed by atoms with Crippen molar-refractivity contribution in [1.82, 2.24) is 9.80 Å². The summed E-state index contributed by atoms with van der Waals surface area (Å²) < 4.78 is 28.9. The Labute approximate surface area is 143 Å². The van der Waals surface area contributed by atoms with Crippen molar-refractivity contribution < 1.29 is 18.6 Å². The molecule has 0 amide bonds. The summed E-state index contributed by atoms with van der Waals surface area (Å²) in [5.41, 5.74) is 1.09. The van der Waals surface area contributed by atoms with Crippen molar-refractivity contribution >= 4 is 0 Å². The standard InChI is InChI=1S/C18H28F2N2O2/c1-4-16-12-21(9-10-22(16)11-13(2)23)14(3)15-5-7-17(8-6-15)24-18(19)20/h5-8,13-14,16,18,23H,4,9-12H2,1-3H3. The highest BCUT2D eigenvalue weighted by Gasteiger charge is 2.29. The summed E-state index contributed by atoms with van der Waals surface area (Å²) in [5, 5.41) is 9.64. The van der Waals surface area contributed by atoms with Gasteiger partial charge < -0.3 is 9.84 Å². The number of aliphatic hydroxyl groups excluding tert-OH is 1. The van der Waals surface area contributed by atoms with Gasteiger partial charge >= 0.3 is 6.61 Å². The lowest BCUT2D eigenvalue weighted by Crippen LogP contribution is -2.54. The number of β-amino-alcohol motifs (C(OH)–C–C–N with tert-alkyl or cyclic N) is 1. The van der Waals surface area contributed by atoms with Crippen LogP contribution in [0.2, 0.25) is 0 Å². The molecule has 1 heterocycles. The summed E-state index contributed by atoms with van der Waals surface area (Å²) in [6, 6.07) is 7.54. The third-order valence-electron chi connectivity index (χ3n) is 4.74. The van der Waals surface area contributed by atoms with E-state index in [1.165, 1.54) is 0 Å². The molecular weight excluding hydrogens is 314 g/mol. The third kappa shape index (κ3) is 5.13. The van der Waals surface area contributed by atoms with Crippen LogP contribution < -0.4 is 4.74 Å². The van der Waals surface area contributed by atoms with Crippen molar-refractivity contribution in [2.75, 3.05) is 26.2 Å². The number of nitrogens with zero attached hydrogens (tertiary/aromatic N) is 2. The second kappa shape index (κ2) is 8.74. The lowest BCUT2D eigenvalue weighted by molar-refractivity contribution is -0.0498. The topological polar surface area (TPSA) is 35.9 Å². The maximum absolute atomic E-state index is 12.2. The van der Waals surface area contributed by atoms with Gasteiger partial charge in [0.25, 0.3) is 0 Å². The third-order valence-corrected chi connectivity index (χ3v) is 4.74. The first kappa shape index (κ1) is 19.1. The molecule has 1 aromatic carbocycles. The van der Waals surface area contributed by atoms with E-state index in [0.717, 1.165) is 31.6 Å². The van der Waals surface area contributed by atoms with Crippen molar-refractivity contribution in [3.8, 4) is 5.75 Å². The molecule has 4 nitrogen and oxygen atoms in total. The van der Waals surface area contributed by atoms with Gasteiger partial charge in [0.1, 0.15) is 5.75 Å². The summed E-state index contributed by atoms with van der Waals surface area (Å²) in [6.45, 7) is 6.86. The molecule has 3 unspecified atom stereocenters. The molecule has 1 N–H and O–H groups in total. The number of benzene rings is 1. The number of aliphatic hydroxyl groups is 1. The normalized spacial score (nSPS) is 22.5. The van der Waals surface area contributed by atoms with Crippen LogP contribution in [0.25, 0.3) is 0 Å². The van der Waals surface area contributed by atoms with Crippen LogP contribution in [-0.4, -0.2) is 59.8 Å². The fraction of sp³-hybridized carbons (Fsp3) is 0.667. The van der Waals surface area contributed by atoms with Crippen molar-refractivity contribution in [3.63, 3.8) is 0 Å². The molecular formula is C18H28F2N2O2. The summed E-state index contributed by atoms with van der Waals surface area (Å²) in [7, 11) is 0. The minimum atomic E-state index is -2.79. The Bertz CT molecular complexity index is 496. The van der Waals surface area contributed by atoms with E-state index in [1.807, 2.05) is 19.1 Å². The van der Waals surface area contributed by atoms with Gasteiger partial charge in [0.15, 0.2) is 0 Å². The van der Waals surface area contributed by atoms with Gasteiger partial charge in [-0.05, 0) is 38.0 Å². The van der Waals surface area contributed by atoms with Crippen molar-refractivity contribution in [2.45, 2.75) is 52.0 Å². The largest absolute Gasteiger partial charge is 0.435 e. The first-order chi connectivity index (χ1) is 11.4. The monoisotopic (exact) mass is 342 g/mol. The first-order valence-electron chi connectivity index (χ1n) is 8.61. The quantitative estimate of drug-likeness (QED) is 0.826. The zero-order valence-electron chi connectivity index (χ0n) is 14.7. The molecule has 3 atom stereocenters. The Morgan fingerprint density at radius 3 is 2.42 bits per heavy atom. The number of halogens is 2. The summed E-state index contributed by atoms with van der Waals surface area (Å²) >= 11 is 0. The van der Waals surface area contributed by atoms with Crippen LogP contribution in [-0.2, 0) is 0 Å². The van der Waals surface area contributed by atoms with Gasteiger partial charge in [0.05, 0.1) is 6.10 Å². The van der Waals surface area contributed by atoms with Crippen LogP contribution in [0, 0.1) is 0 Å². The number of alkyl halides is 2. The van der Waals surface area contributed by atoms with E-state index in [4.69, 9.17) is 0 Å². The van der Waals surface area contributed by atoms with Gasteiger partial charge in [-0.3, -0.25) is 9.80 Å². The van der Waals surface area contributed by atoms with Crippen LogP contribution in [0.3, 0.4) is 0 Å². The van der Waals surface area contributed by atoms with E-state index in [0.29, 0.717) is 12.6 Å². The summed E-state index contributed by atoms with van der Waals surface area (Å²) in [5.74, 6) is 0.189. The zero-order valence-corrected chi connectivity index (χ0v) is 14.7. The molecule has 136 valence electrons. The molecule has 1 fully saturated rings. The molecule has 0 aliphatic carbocycles. The molecule has 0 aromatic heterocycles. The van der Waals surface area contributed by atoms with Crippen molar-refractivity contribution in [2.24, 2.45) is 0 Å². The minimum absolute atomic E-state index is 0.189. The second-order valence-electron chi connectivity index (χ2n) is 6.52. The molecule has 2 rings (SSSR count). The summed E-state index contributed by atoms with van der Waals surface area (Å²) in [4.78, 5) is 4.77. The first-order valence-corrected chi connectivity index (χ1v) is 8.61. The Kier molecular flexibility index (Phi) is 6.95. The van der Waals surface area contributed by atoms with Crippen molar-refractivity contribution in [1.29, 1.82) is 0 Å². The predicted molar refractivity (Wildman–Crippen MR) is 90.4 cm³/mol. The van der Waals surface area contributed by atoms with Gasteiger partial charge in [-0.2, -0.15) is 8.78 Å². The van der Waals surface area contributed by atoms with Crippen LogP contribution in [0.4, 0.5) is 8.78 Å². The minimum Gasteiger partial charge on any atom is -0.435 e. The molecule has 1 saturated heterocycles. The molecule has 1 aliphatic heterocycles. The van der Waals surface area contributed by atoms with Crippen molar-refractivity contribution in [3.05, 3.63) is 29.8 Å². The van der Waals surface area contributed by atoms with Crippen LogP contribution in [0.15, 0.2) is 24.3 Å². The highest BCUT2D eigenvalue weighted by molar-refractivity contribution is 5.29. The molecule has 1 aromatic rings. The zero-order chi connectivity index (χ0) is 17.7. The molecule has 0 spiro atoms. The molecule has 24 heavy (non-hydrogen) atoms. The van der Waals surface area contributed by atoms with E-state index in [1.54, 1.807) is 12.1 Å². The number of hydrogen-bond acceptors (Lipinski definition) is 4. The maximum Gasteiger partial charge on any atom is 0.387 e. The van der Waals surface area contributed by atoms with Gasteiger partial charge in [0.2, 0.25) is 0 Å². The Morgan fingerprint density at radius 2 is 1.88 bits per heavy atom. The van der Waals surface area contributed by atoms with Crippen LogP contribution in [0.1, 0.15) is 38.8 Å². The average molecular weight is 342 g/mol.